The van der Waals surface area contributed by atoms with Crippen LogP contribution in [-0.4, -0.2) is 19.4 Å². The molecule has 0 saturated heterocycles. The molecule has 180 valence electrons. The fraction of sp³-hybridized carbons (Fsp3) is 0.219. The Balaban J connectivity index is 1.47. The Bertz CT molecular complexity index is 1500. The molecule has 36 heavy (non-hydrogen) atoms. The van der Waals surface area contributed by atoms with E-state index >= 15 is 0 Å². The monoisotopic (exact) mass is 476 g/mol. The predicted octanol–water partition coefficient (Wildman–Crippen LogP) is 7.13. The van der Waals surface area contributed by atoms with Gasteiger partial charge >= 0.3 is 5.97 Å². The highest BCUT2D eigenvalue weighted by Crippen LogP contribution is 2.54. The minimum atomic E-state index is -0.246. The average Bonchev–Trinajstić information content (AvgIpc) is 3.47. The summed E-state index contributed by atoms with van der Waals surface area (Å²) in [5.74, 6) is 1.13. The molecule has 1 fully saturated rings. The molecular weight excluding hydrogens is 448 g/mol. The smallest absolute Gasteiger partial charge is 0.334 e. The topological polar surface area (TPSA) is 44.8 Å². The van der Waals surface area contributed by atoms with Crippen molar-refractivity contribution in [2.24, 2.45) is 5.92 Å². The maximum atomic E-state index is 13.3. The summed E-state index contributed by atoms with van der Waals surface area (Å²) in [6, 6.07) is 20.7. The molecule has 0 radical (unpaired) electrons. The van der Waals surface area contributed by atoms with Crippen molar-refractivity contribution in [3.8, 4) is 11.5 Å². The molecule has 1 aliphatic heterocycles. The Morgan fingerprint density at radius 2 is 1.86 bits per heavy atom. The zero-order valence-corrected chi connectivity index (χ0v) is 20.5. The lowest BCUT2D eigenvalue weighted by molar-refractivity contribution is -0.139. The van der Waals surface area contributed by atoms with Crippen molar-refractivity contribution in [1.29, 1.82) is 0 Å². The highest BCUT2D eigenvalue weighted by Gasteiger charge is 2.43. The van der Waals surface area contributed by atoms with Gasteiger partial charge < -0.3 is 14.2 Å². The van der Waals surface area contributed by atoms with Crippen LogP contribution >= 0.6 is 0 Å². The fourth-order valence-corrected chi connectivity index (χ4v) is 5.89. The van der Waals surface area contributed by atoms with Crippen molar-refractivity contribution >= 4 is 22.8 Å². The van der Waals surface area contributed by atoms with E-state index in [9.17, 15) is 4.79 Å². The van der Waals surface area contributed by atoms with E-state index in [4.69, 9.17) is 14.2 Å². The third-order valence-corrected chi connectivity index (χ3v) is 7.44. The molecule has 1 saturated carbocycles. The minimum absolute atomic E-state index is 0.000766. The number of carbonyl (C=O) groups excluding carboxylic acids is 1. The lowest BCUT2D eigenvalue weighted by Crippen LogP contribution is -2.26. The minimum Gasteiger partial charge on any atom is -0.463 e. The zero-order chi connectivity index (χ0) is 24.8. The Hall–Kier alpha value is -4.05. The van der Waals surface area contributed by atoms with Gasteiger partial charge in [-0.3, -0.25) is 0 Å². The molecule has 2 aliphatic carbocycles. The highest BCUT2D eigenvalue weighted by atomic mass is 16.7. The zero-order valence-electron chi connectivity index (χ0n) is 20.5. The molecule has 0 bridgehead atoms. The summed E-state index contributed by atoms with van der Waals surface area (Å²) in [5, 5.41) is 2.31. The quantitative estimate of drug-likeness (QED) is 0.376. The Morgan fingerprint density at radius 1 is 1.06 bits per heavy atom. The number of benzene rings is 3. The van der Waals surface area contributed by atoms with E-state index in [1.165, 1.54) is 11.1 Å². The van der Waals surface area contributed by atoms with Crippen molar-refractivity contribution in [2.75, 3.05) is 13.4 Å². The van der Waals surface area contributed by atoms with Gasteiger partial charge in [0, 0.05) is 17.4 Å². The number of rotatable bonds is 4. The molecule has 6 rings (SSSR count). The molecule has 3 aromatic carbocycles. The van der Waals surface area contributed by atoms with Crippen molar-refractivity contribution in [3.05, 3.63) is 112 Å². The van der Waals surface area contributed by atoms with Crippen LogP contribution in [0.25, 0.3) is 16.8 Å². The van der Waals surface area contributed by atoms with E-state index in [0.717, 1.165) is 56.5 Å². The highest BCUT2D eigenvalue weighted by molar-refractivity contribution is 5.96. The number of hydrogen-bond donors (Lipinski definition) is 0. The Labute approximate surface area is 211 Å². The van der Waals surface area contributed by atoms with E-state index in [2.05, 4.69) is 55.1 Å². The van der Waals surface area contributed by atoms with Crippen LogP contribution in [0.15, 0.2) is 101 Å². The van der Waals surface area contributed by atoms with Crippen molar-refractivity contribution in [1.82, 2.24) is 0 Å². The van der Waals surface area contributed by atoms with E-state index in [1.54, 1.807) is 0 Å². The molecule has 4 nitrogen and oxygen atoms in total. The van der Waals surface area contributed by atoms with Crippen LogP contribution in [0.1, 0.15) is 37.3 Å². The molecule has 1 heterocycles. The molecule has 3 aliphatic rings. The van der Waals surface area contributed by atoms with Gasteiger partial charge in [-0.2, -0.15) is 0 Å². The van der Waals surface area contributed by atoms with Crippen LogP contribution in [0.3, 0.4) is 0 Å². The predicted molar refractivity (Wildman–Crippen MR) is 142 cm³/mol. The molecule has 0 N–H and O–H groups in total. The van der Waals surface area contributed by atoms with Gasteiger partial charge in [-0.1, -0.05) is 72.8 Å². The van der Waals surface area contributed by atoms with Crippen LogP contribution in [0.5, 0.6) is 11.5 Å². The molecule has 2 unspecified atom stereocenters. The standard InChI is InChI=1S/C32H28O4/c1-4-34-32(33)29-19(2)14-24-17-23(15-21-12-13-27-28(16-21)36-18-35-27)20(3)30(24)31(29)26-11-7-9-22-8-5-6-10-25(22)26/h5-16,30-31H,3-4,17-18H2,1-2H3. The van der Waals surface area contributed by atoms with Gasteiger partial charge in [0.25, 0.3) is 0 Å². The second kappa shape index (κ2) is 8.87. The first-order valence-corrected chi connectivity index (χ1v) is 12.4. The van der Waals surface area contributed by atoms with Gasteiger partial charge in [0.05, 0.1) is 6.61 Å². The number of carbonyl (C=O) groups is 1. The summed E-state index contributed by atoms with van der Waals surface area (Å²) in [4.78, 5) is 13.3. The number of fused-ring (bicyclic) bond motifs is 3. The maximum Gasteiger partial charge on any atom is 0.334 e. The SMILES string of the molecule is C=C1C(=Cc2ccc3c(c2)OCO3)CC2=CC(C)=C(C(=O)OCC)C(c3cccc4ccccc34)C12. The molecular formula is C32H28O4. The van der Waals surface area contributed by atoms with Gasteiger partial charge in [0.15, 0.2) is 11.5 Å². The van der Waals surface area contributed by atoms with E-state index < -0.39 is 0 Å². The van der Waals surface area contributed by atoms with Crippen molar-refractivity contribution in [3.63, 3.8) is 0 Å². The van der Waals surface area contributed by atoms with E-state index in [1.807, 2.05) is 38.1 Å². The summed E-state index contributed by atoms with van der Waals surface area (Å²) in [7, 11) is 0. The van der Waals surface area contributed by atoms with Gasteiger partial charge in [0.2, 0.25) is 6.79 Å². The number of hydrogen-bond acceptors (Lipinski definition) is 4. The molecule has 0 spiro atoms. The number of allylic oxidation sites excluding steroid dienone is 5. The van der Waals surface area contributed by atoms with Crippen molar-refractivity contribution < 1.29 is 19.0 Å². The summed E-state index contributed by atoms with van der Waals surface area (Å²) in [6.45, 7) is 9.04. The van der Waals surface area contributed by atoms with E-state index in [0.29, 0.717) is 6.61 Å². The van der Waals surface area contributed by atoms with Crippen LogP contribution in [0.4, 0.5) is 0 Å². The van der Waals surface area contributed by atoms with Crippen molar-refractivity contribution in [2.45, 2.75) is 26.2 Å². The third-order valence-electron chi connectivity index (χ3n) is 7.44. The first-order valence-electron chi connectivity index (χ1n) is 12.4. The lowest BCUT2D eigenvalue weighted by atomic mass is 9.70. The number of esters is 1. The fourth-order valence-electron chi connectivity index (χ4n) is 5.89. The van der Waals surface area contributed by atoms with Gasteiger partial charge in [-0.15, -0.1) is 0 Å². The molecule has 4 heteroatoms. The summed E-state index contributed by atoms with van der Waals surface area (Å²) < 4.78 is 16.6. The van der Waals surface area contributed by atoms with E-state index in [-0.39, 0.29) is 24.6 Å². The van der Waals surface area contributed by atoms with Crippen LogP contribution < -0.4 is 9.47 Å². The average molecular weight is 477 g/mol. The van der Waals surface area contributed by atoms with Gasteiger partial charge in [-0.05, 0) is 71.0 Å². The van der Waals surface area contributed by atoms with Gasteiger partial charge in [0.1, 0.15) is 0 Å². The summed E-state index contributed by atoms with van der Waals surface area (Å²) >= 11 is 0. The molecule has 3 aromatic rings. The summed E-state index contributed by atoms with van der Waals surface area (Å²) in [5.41, 5.74) is 7.39. The third kappa shape index (κ3) is 3.65. The molecule has 2 atom stereocenters. The largest absolute Gasteiger partial charge is 0.463 e. The maximum absolute atomic E-state index is 13.3. The normalized spacial score (nSPS) is 21.7. The van der Waals surface area contributed by atoms with Crippen LogP contribution in [0.2, 0.25) is 0 Å². The van der Waals surface area contributed by atoms with Crippen LogP contribution in [-0.2, 0) is 9.53 Å². The van der Waals surface area contributed by atoms with Gasteiger partial charge in [-0.25, -0.2) is 4.79 Å². The first-order chi connectivity index (χ1) is 17.5. The first kappa shape index (κ1) is 22.4. The number of ether oxygens (including phenoxy) is 3. The second-order valence-electron chi connectivity index (χ2n) is 9.54. The molecule has 0 amide bonds. The Kier molecular flexibility index (Phi) is 5.52. The molecule has 0 aromatic heterocycles. The lowest BCUT2D eigenvalue weighted by Gasteiger charge is -2.33. The van der Waals surface area contributed by atoms with Crippen LogP contribution in [0, 0.1) is 5.92 Å². The Morgan fingerprint density at radius 3 is 2.72 bits per heavy atom. The summed E-state index contributed by atoms with van der Waals surface area (Å²) in [6.07, 6.45) is 5.15. The second-order valence-corrected chi connectivity index (χ2v) is 9.54.